The number of carbonyl (C=O) groups excluding carboxylic acids is 1. The van der Waals surface area contributed by atoms with Crippen molar-refractivity contribution in [1.29, 1.82) is 0 Å². The van der Waals surface area contributed by atoms with E-state index in [9.17, 15) is 4.79 Å². The normalized spacial score (nSPS) is 14.4. The molecule has 0 unspecified atom stereocenters. The summed E-state index contributed by atoms with van der Waals surface area (Å²) in [5.74, 6) is -0.0290. The van der Waals surface area contributed by atoms with Gasteiger partial charge in [-0.05, 0) is 12.0 Å². The minimum Gasteiger partial charge on any atom is -0.501 e. The second-order valence-corrected chi connectivity index (χ2v) is 9.78. The number of benzene rings is 1. The van der Waals surface area contributed by atoms with Gasteiger partial charge in [0.25, 0.3) is 0 Å². The Hall–Kier alpha value is -1.27. The fraction of sp³-hybridized carbons (Fsp3) is 0.400. The highest BCUT2D eigenvalue weighted by Crippen LogP contribution is 2.38. The second-order valence-electron chi connectivity index (χ2n) is 6.49. The average molecular weight is 462 g/mol. The molecule has 0 N–H and O–H groups in total. The van der Waals surface area contributed by atoms with Crippen molar-refractivity contribution < 1.29 is 9.53 Å². The van der Waals surface area contributed by atoms with E-state index in [-0.39, 0.29) is 17.9 Å². The number of rotatable bonds is 8. The van der Waals surface area contributed by atoms with Crippen LogP contribution in [0.5, 0.6) is 0 Å². The summed E-state index contributed by atoms with van der Waals surface area (Å²) in [5, 5.41) is 2.78. The Labute approximate surface area is 185 Å². The molecule has 0 radical (unpaired) electrons. The number of thiazole rings is 1. The second kappa shape index (κ2) is 10.5. The lowest BCUT2D eigenvalue weighted by molar-refractivity contribution is -0.127. The molecule has 0 bridgehead atoms. The molecule has 2 aromatic rings. The van der Waals surface area contributed by atoms with Crippen LogP contribution in [0.3, 0.4) is 0 Å². The van der Waals surface area contributed by atoms with E-state index in [1.807, 2.05) is 35.7 Å². The van der Waals surface area contributed by atoms with Crippen molar-refractivity contribution in [3.05, 3.63) is 64.3 Å². The van der Waals surface area contributed by atoms with Crippen molar-refractivity contribution in [1.82, 2.24) is 9.88 Å². The van der Waals surface area contributed by atoms with Crippen molar-refractivity contribution in [3.8, 4) is 0 Å². The van der Waals surface area contributed by atoms with Gasteiger partial charge in [0.1, 0.15) is 10.8 Å². The van der Waals surface area contributed by atoms with Gasteiger partial charge in [0.05, 0.1) is 13.2 Å². The lowest BCUT2D eigenvalue weighted by Crippen LogP contribution is -2.31. The molecule has 2 rings (SSSR count). The molecule has 2 atom stereocenters. The monoisotopic (exact) mass is 460 g/mol. The van der Waals surface area contributed by atoms with Crippen LogP contribution in [-0.4, -0.2) is 33.7 Å². The maximum atomic E-state index is 12.9. The van der Waals surface area contributed by atoms with Crippen LogP contribution in [0.1, 0.15) is 30.0 Å². The summed E-state index contributed by atoms with van der Waals surface area (Å²) < 4.78 is 3.92. The van der Waals surface area contributed by atoms with Crippen LogP contribution in [0.2, 0.25) is 0 Å². The summed E-state index contributed by atoms with van der Waals surface area (Å²) in [6.07, 6.45) is 4.21. The van der Waals surface area contributed by atoms with Crippen molar-refractivity contribution in [2.75, 3.05) is 14.2 Å². The molecule has 0 saturated heterocycles. The summed E-state index contributed by atoms with van der Waals surface area (Å²) in [6, 6.07) is 9.83. The zero-order chi connectivity index (χ0) is 20.7. The van der Waals surface area contributed by atoms with Gasteiger partial charge >= 0.3 is 0 Å². The number of methoxy groups -OCH3 is 1. The molecule has 4 nitrogen and oxygen atoms in total. The number of hydrogen-bond acceptors (Lipinski definition) is 4. The summed E-state index contributed by atoms with van der Waals surface area (Å²) in [7, 11) is 3.27. The molecule has 1 aromatic carbocycles. The van der Waals surface area contributed by atoms with Crippen LogP contribution < -0.4 is 0 Å². The van der Waals surface area contributed by atoms with E-state index >= 15 is 0 Å². The van der Waals surface area contributed by atoms with Gasteiger partial charge in [0, 0.05) is 37.0 Å². The highest BCUT2D eigenvalue weighted by atomic mass is 35.6. The largest absolute Gasteiger partial charge is 0.501 e. The minimum absolute atomic E-state index is 0.185. The Kier molecular flexibility index (Phi) is 8.62. The Bertz CT molecular complexity index is 777. The molecule has 0 spiro atoms. The van der Waals surface area contributed by atoms with E-state index in [1.54, 1.807) is 25.1 Å². The van der Waals surface area contributed by atoms with Gasteiger partial charge in [-0.3, -0.25) is 4.79 Å². The lowest BCUT2D eigenvalue weighted by atomic mass is 10.0. The first-order chi connectivity index (χ1) is 13.2. The predicted molar refractivity (Wildman–Crippen MR) is 117 cm³/mol. The smallest absolute Gasteiger partial charge is 0.250 e. The van der Waals surface area contributed by atoms with E-state index < -0.39 is 3.79 Å². The number of likely N-dealkylation sites (N-methyl/N-ethyl adjacent to an activating group) is 1. The van der Waals surface area contributed by atoms with Crippen LogP contribution in [-0.2, 0) is 16.0 Å². The first-order valence-electron chi connectivity index (χ1n) is 8.73. The molecule has 0 aliphatic carbocycles. The first-order valence-corrected chi connectivity index (χ1v) is 10.7. The highest BCUT2D eigenvalue weighted by molar-refractivity contribution is 7.09. The summed E-state index contributed by atoms with van der Waals surface area (Å²) >= 11 is 19.3. The Balaban J connectivity index is 2.20. The van der Waals surface area contributed by atoms with Gasteiger partial charge in [-0.15, -0.1) is 11.3 Å². The van der Waals surface area contributed by atoms with Gasteiger partial charge in [0.15, 0.2) is 3.79 Å². The van der Waals surface area contributed by atoms with E-state index in [0.717, 1.165) is 10.6 Å². The maximum Gasteiger partial charge on any atom is 0.250 e. The summed E-state index contributed by atoms with van der Waals surface area (Å²) in [5.41, 5.74) is 1.13. The molecular weight excluding hydrogens is 439 g/mol. The molecule has 0 aliphatic heterocycles. The quantitative estimate of drug-likeness (QED) is 0.283. The van der Waals surface area contributed by atoms with E-state index in [0.29, 0.717) is 18.6 Å². The van der Waals surface area contributed by atoms with Gasteiger partial charge < -0.3 is 9.64 Å². The van der Waals surface area contributed by atoms with Crippen LogP contribution in [0, 0.1) is 5.92 Å². The summed E-state index contributed by atoms with van der Waals surface area (Å²) in [6.45, 7) is 1.79. The third-order valence-corrected chi connectivity index (χ3v) is 6.43. The zero-order valence-corrected chi connectivity index (χ0v) is 19.0. The number of hydrogen-bond donors (Lipinski definition) is 0. The van der Waals surface area contributed by atoms with Crippen molar-refractivity contribution >= 4 is 52.0 Å². The number of halogens is 3. The number of alkyl halides is 3. The van der Waals surface area contributed by atoms with E-state index in [1.165, 1.54) is 24.5 Å². The predicted octanol–water partition coefficient (Wildman–Crippen LogP) is 5.81. The SMILES string of the molecule is CO/C(=C/C(=O)N(C)[C@@H](Cc1ccccc1)c1nccs1)C[C@@H](C)C(Cl)(Cl)Cl. The Morgan fingerprint density at radius 1 is 1.32 bits per heavy atom. The van der Waals surface area contributed by atoms with Gasteiger partial charge in [-0.2, -0.15) is 0 Å². The standard InChI is InChI=1S/C20H23Cl3N2O2S/c1-14(20(21,22)23)11-16(27-3)13-18(26)25(2)17(19-24-9-10-28-19)12-15-7-5-4-6-8-15/h4-10,13-14,17H,11-12H2,1-3H3/b16-13+/t14-,17+/m1/s1. The number of amides is 1. The van der Waals surface area contributed by atoms with Crippen LogP contribution in [0.25, 0.3) is 0 Å². The fourth-order valence-electron chi connectivity index (χ4n) is 2.64. The Morgan fingerprint density at radius 2 is 2.00 bits per heavy atom. The molecule has 0 fully saturated rings. The van der Waals surface area contributed by atoms with Gasteiger partial charge in [0.2, 0.25) is 5.91 Å². The van der Waals surface area contributed by atoms with Crippen molar-refractivity contribution in [2.45, 2.75) is 29.6 Å². The third kappa shape index (κ3) is 6.66. The van der Waals surface area contributed by atoms with E-state index in [4.69, 9.17) is 39.5 Å². The Morgan fingerprint density at radius 3 is 2.54 bits per heavy atom. The molecule has 152 valence electrons. The number of ether oxygens (including phenoxy) is 1. The highest BCUT2D eigenvalue weighted by Gasteiger charge is 2.30. The number of carbonyl (C=O) groups is 1. The van der Waals surface area contributed by atoms with Crippen LogP contribution in [0.15, 0.2) is 53.7 Å². The number of aromatic nitrogens is 1. The number of allylic oxidation sites excluding steroid dienone is 1. The van der Waals surface area contributed by atoms with Crippen LogP contribution >= 0.6 is 46.1 Å². The molecule has 28 heavy (non-hydrogen) atoms. The summed E-state index contributed by atoms with van der Waals surface area (Å²) in [4.78, 5) is 19.0. The first kappa shape index (κ1) is 23.0. The molecule has 1 aromatic heterocycles. The molecule has 0 saturated carbocycles. The fourth-order valence-corrected chi connectivity index (χ4v) is 3.65. The van der Waals surface area contributed by atoms with Crippen molar-refractivity contribution in [3.63, 3.8) is 0 Å². The van der Waals surface area contributed by atoms with Crippen molar-refractivity contribution in [2.24, 2.45) is 5.92 Å². The lowest BCUT2D eigenvalue weighted by Gasteiger charge is -2.26. The molecule has 1 heterocycles. The topological polar surface area (TPSA) is 42.4 Å². The average Bonchev–Trinajstić information content (AvgIpc) is 3.19. The molecular formula is C20H23Cl3N2O2S. The zero-order valence-electron chi connectivity index (χ0n) is 15.9. The maximum absolute atomic E-state index is 12.9. The van der Waals surface area contributed by atoms with Gasteiger partial charge in [-0.1, -0.05) is 72.1 Å². The van der Waals surface area contributed by atoms with E-state index in [2.05, 4.69) is 4.98 Å². The van der Waals surface area contributed by atoms with Gasteiger partial charge in [-0.25, -0.2) is 4.98 Å². The third-order valence-electron chi connectivity index (χ3n) is 4.44. The molecule has 0 aliphatic rings. The molecule has 8 heteroatoms. The molecule has 1 amide bonds. The van der Waals surface area contributed by atoms with Crippen LogP contribution in [0.4, 0.5) is 0 Å². The number of nitrogens with zero attached hydrogens (tertiary/aromatic N) is 2. The minimum atomic E-state index is -1.43.